The summed E-state index contributed by atoms with van der Waals surface area (Å²) in [6.07, 6.45) is 3.26. The van der Waals surface area contributed by atoms with Gasteiger partial charge in [0, 0.05) is 54.6 Å². The van der Waals surface area contributed by atoms with Crippen LogP contribution in [0.1, 0.15) is 35.4 Å². The van der Waals surface area contributed by atoms with Crippen molar-refractivity contribution in [1.82, 2.24) is 14.5 Å². The van der Waals surface area contributed by atoms with Crippen LogP contribution in [-0.4, -0.2) is 60.6 Å². The minimum Gasteiger partial charge on any atom is -0.358 e. The number of hydrogen-bond donors (Lipinski definition) is 2. The van der Waals surface area contributed by atoms with Crippen LogP contribution in [0.15, 0.2) is 24.3 Å². The molecule has 1 amide bonds. The number of nitrogens with one attached hydrogen (secondary N) is 2. The summed E-state index contributed by atoms with van der Waals surface area (Å²) < 4.78 is 30.1. The van der Waals surface area contributed by atoms with Crippen molar-refractivity contribution in [2.24, 2.45) is 18.9 Å². The van der Waals surface area contributed by atoms with Gasteiger partial charge in [-0.3, -0.25) is 18.7 Å². The second kappa shape index (κ2) is 9.20. The van der Waals surface area contributed by atoms with E-state index in [9.17, 15) is 18.0 Å². The number of amides is 1. The number of halogens is 1. The standard InChI is InChI=1S/C24H28ClN5O5S/c1-29-20-21(31)16(11-14-10-15-17(25)7-5-8-18(15)27-14)23(32)30(2)22(20)28-24(29)26-12-13-6-4-9-19(13)35-36(3,33)34/h5,7-8,10,13,16,19,27H,4,6,9,11-12H2,1-3H3,(H,26,28)/t13?,16?,19-/m1/s1. The zero-order chi connectivity index (χ0) is 25.8. The number of carbonyl (C=O) groups excluding carboxylic acids is 2. The van der Waals surface area contributed by atoms with Crippen LogP contribution in [-0.2, 0) is 32.6 Å². The van der Waals surface area contributed by atoms with Crippen molar-refractivity contribution in [2.45, 2.75) is 31.8 Å². The van der Waals surface area contributed by atoms with Crippen LogP contribution in [0, 0.1) is 11.8 Å². The number of benzene rings is 1. The van der Waals surface area contributed by atoms with Gasteiger partial charge in [0.25, 0.3) is 10.1 Å². The maximum absolute atomic E-state index is 13.5. The lowest BCUT2D eigenvalue weighted by Crippen LogP contribution is -2.44. The van der Waals surface area contributed by atoms with Crippen molar-refractivity contribution < 1.29 is 22.2 Å². The first-order valence-electron chi connectivity index (χ1n) is 11.8. The SMILES string of the molecule is CN1C(=O)C(Cc2cc3c(Cl)cccc3[nH]2)C(=O)c2c1nc(NCC1CCC[C@H]1OS(C)(=O)=O)n2C. The van der Waals surface area contributed by atoms with Gasteiger partial charge in [-0.2, -0.15) is 13.4 Å². The van der Waals surface area contributed by atoms with E-state index in [1.165, 1.54) is 4.90 Å². The highest BCUT2D eigenvalue weighted by molar-refractivity contribution is 7.86. The van der Waals surface area contributed by atoms with E-state index in [1.54, 1.807) is 24.7 Å². The Bertz CT molecular complexity index is 1460. The number of hydrogen-bond acceptors (Lipinski definition) is 7. The highest BCUT2D eigenvalue weighted by atomic mass is 35.5. The third kappa shape index (κ3) is 4.51. The average molecular weight is 534 g/mol. The van der Waals surface area contributed by atoms with Gasteiger partial charge in [-0.1, -0.05) is 24.1 Å². The Morgan fingerprint density at radius 1 is 1.25 bits per heavy atom. The summed E-state index contributed by atoms with van der Waals surface area (Å²) in [5.41, 5.74) is 1.95. The van der Waals surface area contributed by atoms with Crippen molar-refractivity contribution in [1.29, 1.82) is 0 Å². The maximum atomic E-state index is 13.5. The second-order valence-corrected chi connectivity index (χ2v) is 11.6. The first kappa shape index (κ1) is 24.8. The fraction of sp³-hybridized carbons (Fsp3) is 0.458. The van der Waals surface area contributed by atoms with Gasteiger partial charge in [0.1, 0.15) is 11.6 Å². The highest BCUT2D eigenvalue weighted by Gasteiger charge is 2.42. The Kier molecular flexibility index (Phi) is 6.34. The van der Waals surface area contributed by atoms with E-state index >= 15 is 0 Å². The molecule has 2 N–H and O–H groups in total. The van der Waals surface area contributed by atoms with E-state index in [2.05, 4.69) is 15.3 Å². The van der Waals surface area contributed by atoms with Crippen molar-refractivity contribution in [2.75, 3.05) is 30.1 Å². The van der Waals surface area contributed by atoms with Gasteiger partial charge < -0.3 is 14.9 Å². The topological polar surface area (TPSA) is 126 Å². The van der Waals surface area contributed by atoms with Crippen molar-refractivity contribution >= 4 is 56.1 Å². The number of rotatable bonds is 7. The molecule has 1 saturated carbocycles. The average Bonchev–Trinajstić information content (AvgIpc) is 3.50. The molecular weight excluding hydrogens is 506 g/mol. The van der Waals surface area contributed by atoms with Gasteiger partial charge in [0.05, 0.1) is 12.4 Å². The third-order valence-corrected chi connectivity index (χ3v) is 8.00. The van der Waals surface area contributed by atoms with E-state index in [-0.39, 0.29) is 30.1 Å². The lowest BCUT2D eigenvalue weighted by atomic mass is 9.91. The van der Waals surface area contributed by atoms with Crippen molar-refractivity contribution in [3.8, 4) is 0 Å². The molecule has 1 aliphatic carbocycles. The third-order valence-electron chi connectivity index (χ3n) is 7.07. The molecule has 2 aliphatic rings. The van der Waals surface area contributed by atoms with Gasteiger partial charge in [0.2, 0.25) is 11.9 Å². The van der Waals surface area contributed by atoms with Crippen LogP contribution in [0.2, 0.25) is 5.02 Å². The fourth-order valence-electron chi connectivity index (χ4n) is 5.26. The molecule has 36 heavy (non-hydrogen) atoms. The van der Waals surface area contributed by atoms with Crippen LogP contribution >= 0.6 is 11.6 Å². The van der Waals surface area contributed by atoms with Crippen LogP contribution < -0.4 is 10.2 Å². The van der Waals surface area contributed by atoms with Crippen LogP contribution in [0.5, 0.6) is 0 Å². The molecule has 10 nitrogen and oxygen atoms in total. The first-order valence-corrected chi connectivity index (χ1v) is 14.0. The quantitative estimate of drug-likeness (QED) is 0.353. The minimum absolute atomic E-state index is 0.00917. The second-order valence-electron chi connectivity index (χ2n) is 9.59. The van der Waals surface area contributed by atoms with E-state index < -0.39 is 16.0 Å². The highest BCUT2D eigenvalue weighted by Crippen LogP contribution is 2.35. The number of aromatic nitrogens is 3. The molecule has 3 aromatic rings. The molecule has 1 aliphatic heterocycles. The number of imidazole rings is 1. The van der Waals surface area contributed by atoms with E-state index in [0.717, 1.165) is 35.7 Å². The Balaban J connectivity index is 1.36. The zero-order valence-electron chi connectivity index (χ0n) is 20.2. The number of nitrogens with zero attached hydrogens (tertiary/aromatic N) is 3. The summed E-state index contributed by atoms with van der Waals surface area (Å²) in [5.74, 6) is -0.762. The van der Waals surface area contributed by atoms with Crippen LogP contribution in [0.3, 0.4) is 0 Å². The summed E-state index contributed by atoms with van der Waals surface area (Å²) >= 11 is 6.28. The number of aromatic amines is 1. The van der Waals surface area contributed by atoms with E-state index in [4.69, 9.17) is 15.8 Å². The molecule has 0 saturated heterocycles. The molecule has 1 fully saturated rings. The Morgan fingerprint density at radius 3 is 2.75 bits per heavy atom. The summed E-state index contributed by atoms with van der Waals surface area (Å²) in [6.45, 7) is 0.440. The Labute approximate surface area is 214 Å². The lowest BCUT2D eigenvalue weighted by molar-refractivity contribution is -0.121. The predicted octanol–water partition coefficient (Wildman–Crippen LogP) is 3.13. The fourth-order valence-corrected chi connectivity index (χ4v) is 6.19. The molecule has 0 spiro atoms. The molecule has 12 heteroatoms. The Hall–Kier alpha value is -2.89. The van der Waals surface area contributed by atoms with E-state index in [1.807, 2.05) is 18.2 Å². The summed E-state index contributed by atoms with van der Waals surface area (Å²) in [4.78, 5) is 35.9. The van der Waals surface area contributed by atoms with Gasteiger partial charge in [-0.25, -0.2) is 0 Å². The predicted molar refractivity (Wildman–Crippen MR) is 137 cm³/mol. The zero-order valence-corrected chi connectivity index (χ0v) is 21.8. The van der Waals surface area contributed by atoms with Crippen LogP contribution in [0.4, 0.5) is 11.8 Å². The van der Waals surface area contributed by atoms with Crippen LogP contribution in [0.25, 0.3) is 10.9 Å². The molecule has 0 bridgehead atoms. The molecule has 1 aromatic carbocycles. The number of H-pyrrole nitrogens is 1. The largest absolute Gasteiger partial charge is 0.358 e. The number of ketones is 1. The van der Waals surface area contributed by atoms with E-state index in [0.29, 0.717) is 35.4 Å². The van der Waals surface area contributed by atoms with Gasteiger partial charge >= 0.3 is 0 Å². The van der Waals surface area contributed by atoms with Gasteiger partial charge in [-0.05, 0) is 31.0 Å². The minimum atomic E-state index is -3.55. The Morgan fingerprint density at radius 2 is 2.03 bits per heavy atom. The molecule has 5 rings (SSSR count). The summed E-state index contributed by atoms with van der Waals surface area (Å²) in [6, 6.07) is 7.41. The van der Waals surface area contributed by atoms with Gasteiger partial charge in [-0.15, -0.1) is 0 Å². The maximum Gasteiger partial charge on any atom is 0.264 e. The molecule has 3 atom stereocenters. The van der Waals surface area contributed by atoms with Crippen molar-refractivity contribution in [3.05, 3.63) is 40.7 Å². The number of Topliss-reactive ketones (excluding diaryl/α,β-unsaturated/α-hetero) is 1. The molecule has 2 aromatic heterocycles. The molecule has 2 unspecified atom stereocenters. The monoisotopic (exact) mass is 533 g/mol. The molecular formula is C24H28ClN5O5S. The lowest BCUT2D eigenvalue weighted by Gasteiger charge is -2.27. The number of fused-ring (bicyclic) bond motifs is 2. The molecule has 0 radical (unpaired) electrons. The number of carbonyl (C=O) groups is 2. The van der Waals surface area contributed by atoms with Crippen molar-refractivity contribution in [3.63, 3.8) is 0 Å². The molecule has 192 valence electrons. The summed E-state index contributed by atoms with van der Waals surface area (Å²) in [5, 5.41) is 4.68. The normalized spacial score (nSPS) is 22.4. The first-order chi connectivity index (χ1) is 17.0. The molecule has 3 heterocycles. The number of anilines is 2. The van der Waals surface area contributed by atoms with Gasteiger partial charge in [0.15, 0.2) is 11.6 Å². The summed E-state index contributed by atoms with van der Waals surface area (Å²) in [7, 11) is -0.197. The smallest absolute Gasteiger partial charge is 0.264 e.